The van der Waals surface area contributed by atoms with Crippen molar-refractivity contribution in [3.63, 3.8) is 0 Å². The normalized spacial score (nSPS) is 15.9. The third-order valence-electron chi connectivity index (χ3n) is 2.90. The third kappa shape index (κ3) is 3.83. The Kier molecular flexibility index (Phi) is 5.85. The minimum Gasteiger partial charge on any atom is -0.326 e. The van der Waals surface area contributed by atoms with Gasteiger partial charge in [-0.3, -0.25) is 4.79 Å². The maximum Gasteiger partial charge on any atom is 0.227 e. The molecule has 2 N–H and O–H groups in total. The maximum atomic E-state index is 13.2. The molecule has 1 aromatic rings. The molecule has 0 atom stereocenters. The van der Waals surface area contributed by atoms with E-state index in [0.717, 1.165) is 25.9 Å². The second-order valence-corrected chi connectivity index (χ2v) is 4.55. The van der Waals surface area contributed by atoms with Crippen molar-refractivity contribution >= 4 is 35.6 Å². The van der Waals surface area contributed by atoms with E-state index in [0.29, 0.717) is 5.69 Å². The quantitative estimate of drug-likeness (QED) is 0.880. The SMILES string of the molecule is Cl.O=C(Nc1ccc(Cl)c(F)c1)C1CCNCC1. The first-order valence-electron chi connectivity index (χ1n) is 5.63. The molecule has 0 aliphatic carbocycles. The van der Waals surface area contributed by atoms with Gasteiger partial charge < -0.3 is 10.6 Å². The van der Waals surface area contributed by atoms with Gasteiger partial charge in [-0.05, 0) is 44.1 Å². The van der Waals surface area contributed by atoms with Crippen molar-refractivity contribution in [2.45, 2.75) is 12.8 Å². The lowest BCUT2D eigenvalue weighted by atomic mass is 9.97. The van der Waals surface area contributed by atoms with Crippen LogP contribution in [0.1, 0.15) is 12.8 Å². The molecule has 3 nitrogen and oxygen atoms in total. The fraction of sp³-hybridized carbons (Fsp3) is 0.417. The number of rotatable bonds is 2. The van der Waals surface area contributed by atoms with Gasteiger partial charge in [0, 0.05) is 11.6 Å². The van der Waals surface area contributed by atoms with Gasteiger partial charge in [-0.2, -0.15) is 0 Å². The number of hydrogen-bond acceptors (Lipinski definition) is 2. The number of amides is 1. The van der Waals surface area contributed by atoms with Crippen molar-refractivity contribution < 1.29 is 9.18 Å². The molecule has 0 aromatic heterocycles. The zero-order valence-electron chi connectivity index (χ0n) is 9.71. The number of carbonyl (C=O) groups is 1. The van der Waals surface area contributed by atoms with Gasteiger partial charge in [0.25, 0.3) is 0 Å². The number of piperidine rings is 1. The van der Waals surface area contributed by atoms with E-state index in [1.165, 1.54) is 12.1 Å². The topological polar surface area (TPSA) is 41.1 Å². The molecule has 6 heteroatoms. The molecular formula is C12H15Cl2FN2O. The average molecular weight is 293 g/mol. The summed E-state index contributed by atoms with van der Waals surface area (Å²) < 4.78 is 13.2. The zero-order valence-corrected chi connectivity index (χ0v) is 11.3. The minimum absolute atomic E-state index is 0. The van der Waals surface area contributed by atoms with E-state index >= 15 is 0 Å². The lowest BCUT2D eigenvalue weighted by Gasteiger charge is -2.21. The van der Waals surface area contributed by atoms with E-state index in [1.807, 2.05) is 0 Å². The number of carbonyl (C=O) groups excluding carboxylic acids is 1. The first-order chi connectivity index (χ1) is 8.16. The predicted molar refractivity (Wildman–Crippen MR) is 72.9 cm³/mol. The fourth-order valence-corrected chi connectivity index (χ4v) is 2.02. The summed E-state index contributed by atoms with van der Waals surface area (Å²) in [6, 6.07) is 4.28. The summed E-state index contributed by atoms with van der Waals surface area (Å²) >= 11 is 5.57. The molecular weight excluding hydrogens is 278 g/mol. The van der Waals surface area contributed by atoms with Gasteiger partial charge in [0.15, 0.2) is 0 Å². The number of halogens is 3. The van der Waals surface area contributed by atoms with Crippen molar-refractivity contribution in [3.05, 3.63) is 29.0 Å². The van der Waals surface area contributed by atoms with Crippen molar-refractivity contribution in [1.29, 1.82) is 0 Å². The highest BCUT2D eigenvalue weighted by Crippen LogP contribution is 2.20. The Labute approximate surface area is 116 Å². The second kappa shape index (κ2) is 6.92. The zero-order chi connectivity index (χ0) is 12.3. The third-order valence-corrected chi connectivity index (χ3v) is 3.20. The molecule has 1 saturated heterocycles. The summed E-state index contributed by atoms with van der Waals surface area (Å²) in [4.78, 5) is 11.9. The van der Waals surface area contributed by atoms with Gasteiger partial charge in [-0.25, -0.2) is 4.39 Å². The number of benzene rings is 1. The van der Waals surface area contributed by atoms with Gasteiger partial charge in [-0.1, -0.05) is 11.6 Å². The molecule has 0 unspecified atom stereocenters. The van der Waals surface area contributed by atoms with Crippen LogP contribution in [0.4, 0.5) is 10.1 Å². The van der Waals surface area contributed by atoms with E-state index in [1.54, 1.807) is 6.07 Å². The molecule has 2 rings (SSSR count). The highest BCUT2D eigenvalue weighted by Gasteiger charge is 2.20. The average Bonchev–Trinajstić information content (AvgIpc) is 2.35. The highest BCUT2D eigenvalue weighted by atomic mass is 35.5. The van der Waals surface area contributed by atoms with E-state index in [2.05, 4.69) is 10.6 Å². The van der Waals surface area contributed by atoms with Crippen LogP contribution >= 0.6 is 24.0 Å². The van der Waals surface area contributed by atoms with Crippen molar-refractivity contribution in [1.82, 2.24) is 5.32 Å². The van der Waals surface area contributed by atoms with Crippen molar-refractivity contribution in [2.24, 2.45) is 5.92 Å². The van der Waals surface area contributed by atoms with Gasteiger partial charge >= 0.3 is 0 Å². The maximum absolute atomic E-state index is 13.2. The molecule has 1 heterocycles. The first-order valence-corrected chi connectivity index (χ1v) is 6.01. The molecule has 0 saturated carbocycles. The number of hydrogen-bond donors (Lipinski definition) is 2. The first kappa shape index (κ1) is 15.2. The van der Waals surface area contributed by atoms with Crippen LogP contribution in [0.2, 0.25) is 5.02 Å². The van der Waals surface area contributed by atoms with Crippen LogP contribution in [0.3, 0.4) is 0 Å². The van der Waals surface area contributed by atoms with Crippen molar-refractivity contribution in [2.75, 3.05) is 18.4 Å². The molecule has 0 bridgehead atoms. The van der Waals surface area contributed by atoms with E-state index in [9.17, 15) is 9.18 Å². The number of anilines is 1. The Balaban J connectivity index is 0.00000162. The molecule has 1 amide bonds. The van der Waals surface area contributed by atoms with Crippen LogP contribution in [0.5, 0.6) is 0 Å². The number of nitrogens with one attached hydrogen (secondary N) is 2. The van der Waals surface area contributed by atoms with E-state index < -0.39 is 5.82 Å². The lowest BCUT2D eigenvalue weighted by molar-refractivity contribution is -0.120. The summed E-state index contributed by atoms with van der Waals surface area (Å²) in [6.07, 6.45) is 1.64. The summed E-state index contributed by atoms with van der Waals surface area (Å²) in [7, 11) is 0. The van der Waals surface area contributed by atoms with Crippen molar-refractivity contribution in [3.8, 4) is 0 Å². The van der Waals surface area contributed by atoms with Crippen LogP contribution in [-0.4, -0.2) is 19.0 Å². The second-order valence-electron chi connectivity index (χ2n) is 4.14. The lowest BCUT2D eigenvalue weighted by Crippen LogP contribution is -2.34. The fourth-order valence-electron chi connectivity index (χ4n) is 1.90. The molecule has 0 spiro atoms. The van der Waals surface area contributed by atoms with Crippen LogP contribution in [-0.2, 0) is 4.79 Å². The van der Waals surface area contributed by atoms with Crippen LogP contribution in [0, 0.1) is 11.7 Å². The standard InChI is InChI=1S/C12H14ClFN2O.ClH/c13-10-2-1-9(7-11(10)14)16-12(17)8-3-5-15-6-4-8;/h1-2,7-8,15H,3-6H2,(H,16,17);1H. The molecule has 1 aromatic carbocycles. The minimum atomic E-state index is -0.519. The van der Waals surface area contributed by atoms with Gasteiger partial charge in [0.05, 0.1) is 5.02 Å². The van der Waals surface area contributed by atoms with E-state index in [4.69, 9.17) is 11.6 Å². The Hall–Kier alpha value is -0.840. The Morgan fingerprint density at radius 3 is 2.67 bits per heavy atom. The smallest absolute Gasteiger partial charge is 0.227 e. The largest absolute Gasteiger partial charge is 0.326 e. The van der Waals surface area contributed by atoms with E-state index in [-0.39, 0.29) is 29.3 Å². The Morgan fingerprint density at radius 1 is 1.39 bits per heavy atom. The van der Waals surface area contributed by atoms with Gasteiger partial charge in [0.2, 0.25) is 5.91 Å². The summed E-state index contributed by atoms with van der Waals surface area (Å²) in [5, 5.41) is 5.97. The Morgan fingerprint density at radius 2 is 2.06 bits per heavy atom. The molecule has 18 heavy (non-hydrogen) atoms. The van der Waals surface area contributed by atoms with Crippen LogP contribution < -0.4 is 10.6 Å². The van der Waals surface area contributed by atoms with Gasteiger partial charge in [0.1, 0.15) is 5.82 Å². The molecule has 0 radical (unpaired) electrons. The van der Waals surface area contributed by atoms with Crippen LogP contribution in [0.25, 0.3) is 0 Å². The highest BCUT2D eigenvalue weighted by molar-refractivity contribution is 6.30. The molecule has 1 aliphatic heterocycles. The monoisotopic (exact) mass is 292 g/mol. The van der Waals surface area contributed by atoms with Gasteiger partial charge in [-0.15, -0.1) is 12.4 Å². The van der Waals surface area contributed by atoms with Crippen LogP contribution in [0.15, 0.2) is 18.2 Å². The summed E-state index contributed by atoms with van der Waals surface area (Å²) in [6.45, 7) is 1.71. The molecule has 1 aliphatic rings. The molecule has 100 valence electrons. The predicted octanol–water partition coefficient (Wildman–Crippen LogP) is 2.84. The Bertz CT molecular complexity index is 423. The summed E-state index contributed by atoms with van der Waals surface area (Å²) in [5.41, 5.74) is 0.454. The molecule has 1 fully saturated rings. The summed E-state index contributed by atoms with van der Waals surface area (Å²) in [5.74, 6) is -0.557.